The molecule has 0 unspecified atom stereocenters. The number of hydrogen-bond acceptors (Lipinski definition) is 5. The number of hydrogen-bond donors (Lipinski definition) is 1. The van der Waals surface area contributed by atoms with E-state index in [-0.39, 0.29) is 17.4 Å². The van der Waals surface area contributed by atoms with Crippen molar-refractivity contribution in [2.75, 3.05) is 60.0 Å². The molecule has 3 aliphatic rings. The maximum Gasteiger partial charge on any atom is 0.393 e. The molecule has 0 bridgehead atoms. The molecular weight excluding hydrogens is 581 g/mol. The molecule has 45 heavy (non-hydrogen) atoms. The minimum atomic E-state index is -4.36. The van der Waals surface area contributed by atoms with Gasteiger partial charge < -0.3 is 24.3 Å². The zero-order chi connectivity index (χ0) is 31.6. The molecule has 0 radical (unpaired) electrons. The topological polar surface area (TPSA) is 61.0 Å². The number of benzene rings is 2. The zero-order valence-corrected chi connectivity index (χ0v) is 26.4. The lowest BCUT2D eigenvalue weighted by atomic mass is 9.88. The van der Waals surface area contributed by atoms with E-state index in [4.69, 9.17) is 9.47 Å². The molecule has 3 aliphatic heterocycles. The fourth-order valence-corrected chi connectivity index (χ4v) is 7.62. The fourth-order valence-electron chi connectivity index (χ4n) is 7.62. The molecule has 3 fully saturated rings. The molecule has 0 aliphatic carbocycles. The molecule has 0 saturated carbocycles. The van der Waals surface area contributed by atoms with Crippen molar-refractivity contribution in [3.63, 3.8) is 0 Å². The van der Waals surface area contributed by atoms with Gasteiger partial charge in [-0.05, 0) is 112 Å². The van der Waals surface area contributed by atoms with Gasteiger partial charge in [0.1, 0.15) is 0 Å². The Morgan fingerprint density at radius 3 is 2.24 bits per heavy atom. The van der Waals surface area contributed by atoms with Crippen LogP contribution in [-0.4, -0.2) is 97.8 Å². The fraction of sp³-hybridized carbons (Fsp3) is 0.571. The monoisotopic (exact) mass is 626 g/mol. The van der Waals surface area contributed by atoms with Crippen LogP contribution >= 0.6 is 0 Å². The molecule has 0 atom stereocenters. The molecule has 4 heterocycles. The lowest BCUT2D eigenvalue weighted by molar-refractivity contribution is -0.134. The minimum Gasteiger partial charge on any atom is -0.493 e. The predicted molar refractivity (Wildman–Crippen MR) is 170 cm³/mol. The summed E-state index contributed by atoms with van der Waals surface area (Å²) in [5.41, 5.74) is 3.01. The molecular formula is C35H45F3N4O3. The van der Waals surface area contributed by atoms with Gasteiger partial charge in [-0.25, -0.2) is 0 Å². The summed E-state index contributed by atoms with van der Waals surface area (Å²) in [6.07, 6.45) is 2.42. The van der Waals surface area contributed by atoms with Crippen LogP contribution in [-0.2, 0) is 11.2 Å². The molecule has 1 amide bonds. The number of ether oxygens (including phenoxy) is 2. The summed E-state index contributed by atoms with van der Waals surface area (Å²) in [5, 5.41) is 0.597. The van der Waals surface area contributed by atoms with E-state index >= 15 is 0 Å². The maximum atomic E-state index is 13.9. The van der Waals surface area contributed by atoms with Crippen LogP contribution < -0.4 is 9.47 Å². The Hall–Kier alpha value is -3.24. The lowest BCUT2D eigenvalue weighted by Crippen LogP contribution is -2.50. The Morgan fingerprint density at radius 2 is 1.58 bits per heavy atom. The van der Waals surface area contributed by atoms with Crippen LogP contribution in [0.25, 0.3) is 22.2 Å². The van der Waals surface area contributed by atoms with E-state index in [2.05, 4.69) is 14.8 Å². The van der Waals surface area contributed by atoms with Gasteiger partial charge in [-0.3, -0.25) is 9.69 Å². The second-order valence-corrected chi connectivity index (χ2v) is 12.9. The number of rotatable bonds is 8. The van der Waals surface area contributed by atoms with Gasteiger partial charge in [0.2, 0.25) is 5.91 Å². The Morgan fingerprint density at radius 1 is 0.867 bits per heavy atom. The Bertz CT molecular complexity index is 1470. The number of aromatic amines is 1. The van der Waals surface area contributed by atoms with Crippen LogP contribution in [0.5, 0.6) is 11.5 Å². The van der Waals surface area contributed by atoms with E-state index < -0.39 is 12.6 Å². The Balaban J connectivity index is 1.11. The van der Waals surface area contributed by atoms with Crippen molar-refractivity contribution >= 4 is 16.8 Å². The first-order valence-corrected chi connectivity index (χ1v) is 16.4. The van der Waals surface area contributed by atoms with Crippen LogP contribution in [0.3, 0.4) is 0 Å². The summed E-state index contributed by atoms with van der Waals surface area (Å²) in [7, 11) is 3.04. The van der Waals surface area contributed by atoms with E-state index in [1.165, 1.54) is 46.6 Å². The molecule has 1 N–H and O–H groups in total. The molecule has 10 heteroatoms. The number of halogens is 3. The minimum absolute atomic E-state index is 0.221. The van der Waals surface area contributed by atoms with E-state index in [1.54, 1.807) is 18.2 Å². The summed E-state index contributed by atoms with van der Waals surface area (Å²) < 4.78 is 52.3. The van der Waals surface area contributed by atoms with Crippen molar-refractivity contribution in [2.45, 2.75) is 69.5 Å². The average Bonchev–Trinajstić information content (AvgIpc) is 3.41. The highest BCUT2D eigenvalue weighted by Gasteiger charge is 2.33. The van der Waals surface area contributed by atoms with Crippen molar-refractivity contribution < 1.29 is 27.4 Å². The summed E-state index contributed by atoms with van der Waals surface area (Å²) in [5.74, 6) is 1.43. The summed E-state index contributed by atoms with van der Waals surface area (Å²) >= 11 is 0. The molecule has 0 spiro atoms. The maximum absolute atomic E-state index is 13.9. The summed E-state index contributed by atoms with van der Waals surface area (Å²) in [6, 6.07) is 11.7. The summed E-state index contributed by atoms with van der Waals surface area (Å²) in [6.45, 7) is 6.15. The third-order valence-corrected chi connectivity index (χ3v) is 10.1. The molecule has 7 nitrogen and oxygen atoms in total. The number of nitrogens with zero attached hydrogens (tertiary/aromatic N) is 3. The van der Waals surface area contributed by atoms with E-state index in [1.807, 2.05) is 23.1 Å². The average molecular weight is 627 g/mol. The van der Waals surface area contributed by atoms with E-state index in [0.717, 1.165) is 57.4 Å². The second-order valence-electron chi connectivity index (χ2n) is 12.9. The van der Waals surface area contributed by atoms with Crippen LogP contribution in [0.4, 0.5) is 13.2 Å². The largest absolute Gasteiger partial charge is 0.493 e. The van der Waals surface area contributed by atoms with Gasteiger partial charge in [0, 0.05) is 35.6 Å². The third kappa shape index (κ3) is 7.27. The van der Waals surface area contributed by atoms with Gasteiger partial charge in [-0.2, -0.15) is 13.2 Å². The molecule has 6 rings (SSSR count). The number of piperidine rings is 3. The summed E-state index contributed by atoms with van der Waals surface area (Å²) in [4.78, 5) is 23.3. The zero-order valence-electron chi connectivity index (χ0n) is 26.4. The first-order valence-electron chi connectivity index (χ1n) is 16.4. The highest BCUT2D eigenvalue weighted by molar-refractivity contribution is 5.92. The Labute approximate surface area is 263 Å². The normalized spacial score (nSPS) is 19.7. The van der Waals surface area contributed by atoms with Gasteiger partial charge in [0.25, 0.3) is 0 Å². The number of aromatic nitrogens is 1. The van der Waals surface area contributed by atoms with Gasteiger partial charge >= 0.3 is 6.18 Å². The Kier molecular flexibility index (Phi) is 9.61. The second kappa shape index (κ2) is 13.6. The smallest absolute Gasteiger partial charge is 0.393 e. The lowest BCUT2D eigenvalue weighted by Gasteiger charge is -2.41. The highest BCUT2D eigenvalue weighted by Crippen LogP contribution is 2.40. The molecule has 244 valence electrons. The number of fused-ring (bicyclic) bond motifs is 1. The number of H-pyrrole nitrogens is 1. The number of amides is 1. The van der Waals surface area contributed by atoms with Crippen molar-refractivity contribution in [1.29, 1.82) is 0 Å². The highest BCUT2D eigenvalue weighted by atomic mass is 19.4. The molecule has 2 aromatic carbocycles. The van der Waals surface area contributed by atoms with E-state index in [0.29, 0.717) is 46.2 Å². The number of nitrogens with one attached hydrogen (secondary N) is 1. The SMILES string of the molecule is COc1ccc(-c2[nH]c3ccc(C4CCN(CC(=O)N5CCC(N6CCCCC6)CC5)CC4)cc3c2CC(F)(F)F)cc1OC. The van der Waals surface area contributed by atoms with Crippen molar-refractivity contribution in [1.82, 2.24) is 19.7 Å². The quantitative estimate of drug-likeness (QED) is 0.305. The van der Waals surface area contributed by atoms with Gasteiger partial charge in [0.05, 0.1) is 32.9 Å². The third-order valence-electron chi connectivity index (χ3n) is 10.1. The first-order chi connectivity index (χ1) is 21.7. The number of alkyl halides is 3. The molecule has 3 aromatic rings. The van der Waals surface area contributed by atoms with Crippen LogP contribution in [0, 0.1) is 0 Å². The number of methoxy groups -OCH3 is 2. The van der Waals surface area contributed by atoms with Gasteiger partial charge in [0.15, 0.2) is 11.5 Å². The van der Waals surface area contributed by atoms with Gasteiger partial charge in [-0.15, -0.1) is 0 Å². The van der Waals surface area contributed by atoms with Crippen LogP contribution in [0.1, 0.15) is 62.0 Å². The number of likely N-dealkylation sites (tertiary alicyclic amines) is 3. The number of carbonyl (C=O) groups is 1. The van der Waals surface area contributed by atoms with Crippen molar-refractivity contribution in [3.05, 3.63) is 47.5 Å². The van der Waals surface area contributed by atoms with Crippen molar-refractivity contribution in [2.24, 2.45) is 0 Å². The standard InChI is InChI=1S/C35H45F3N4O3/c1-44-31-9-7-26(21-32(31)45-2)34-29(22-35(36,37)38)28-20-25(6-8-30(28)39-34)24-10-16-40(17-11-24)23-33(43)42-18-12-27(13-19-42)41-14-4-3-5-15-41/h6-9,20-21,24,27,39H,3-5,10-19,22-23H2,1-2H3. The van der Waals surface area contributed by atoms with Crippen LogP contribution in [0.15, 0.2) is 36.4 Å². The van der Waals surface area contributed by atoms with Crippen LogP contribution in [0.2, 0.25) is 0 Å². The predicted octanol–water partition coefficient (Wildman–Crippen LogP) is 6.61. The number of carbonyl (C=O) groups excluding carboxylic acids is 1. The van der Waals surface area contributed by atoms with Gasteiger partial charge in [-0.1, -0.05) is 12.5 Å². The van der Waals surface area contributed by atoms with E-state index in [9.17, 15) is 18.0 Å². The molecule has 1 aromatic heterocycles. The van der Waals surface area contributed by atoms with Crippen molar-refractivity contribution in [3.8, 4) is 22.8 Å². The first kappa shape index (κ1) is 31.7. The molecule has 3 saturated heterocycles.